The number of benzene rings is 1. The maximum absolute atomic E-state index is 13.0. The van der Waals surface area contributed by atoms with Gasteiger partial charge in [-0.25, -0.2) is 4.98 Å². The first kappa shape index (κ1) is 21.1. The molecule has 1 saturated heterocycles. The van der Waals surface area contributed by atoms with Crippen molar-refractivity contribution in [2.45, 2.75) is 56.7 Å². The van der Waals surface area contributed by atoms with Crippen molar-refractivity contribution in [2.75, 3.05) is 13.2 Å². The maximum Gasteiger partial charge on any atom is 0.262 e. The van der Waals surface area contributed by atoms with Crippen LogP contribution in [0.15, 0.2) is 28.2 Å². The summed E-state index contributed by atoms with van der Waals surface area (Å²) in [6.45, 7) is 7.72. The zero-order valence-electron chi connectivity index (χ0n) is 16.4. The van der Waals surface area contributed by atoms with Gasteiger partial charge in [0, 0.05) is 24.7 Å². The van der Waals surface area contributed by atoms with Crippen LogP contribution in [0, 0.1) is 5.92 Å². The molecule has 1 fully saturated rings. The van der Waals surface area contributed by atoms with Crippen LogP contribution >= 0.6 is 23.4 Å². The molecule has 1 N–H and O–H groups in total. The van der Waals surface area contributed by atoms with E-state index in [4.69, 9.17) is 16.3 Å². The number of fused-ring (bicyclic) bond motifs is 1. The molecule has 1 aromatic carbocycles. The molecule has 0 radical (unpaired) electrons. The Morgan fingerprint density at radius 3 is 2.89 bits per heavy atom. The Kier molecular flexibility index (Phi) is 7.01. The number of thioether (sulfide) groups is 1. The van der Waals surface area contributed by atoms with E-state index in [2.05, 4.69) is 10.3 Å². The van der Waals surface area contributed by atoms with Gasteiger partial charge in [-0.05, 0) is 43.9 Å². The lowest BCUT2D eigenvalue weighted by molar-refractivity contribution is -0.120. The number of rotatable bonds is 7. The molecule has 0 unspecified atom stereocenters. The molecule has 1 amide bonds. The van der Waals surface area contributed by atoms with Crippen molar-refractivity contribution in [3.05, 3.63) is 33.6 Å². The van der Waals surface area contributed by atoms with Crippen LogP contribution in [0.25, 0.3) is 10.9 Å². The van der Waals surface area contributed by atoms with Crippen molar-refractivity contribution in [1.82, 2.24) is 14.9 Å². The minimum Gasteiger partial charge on any atom is -0.376 e. The molecule has 28 heavy (non-hydrogen) atoms. The number of hydrogen-bond acceptors (Lipinski definition) is 5. The van der Waals surface area contributed by atoms with Gasteiger partial charge in [-0.2, -0.15) is 0 Å². The van der Waals surface area contributed by atoms with E-state index in [0.29, 0.717) is 34.2 Å². The van der Waals surface area contributed by atoms with Crippen LogP contribution in [0.2, 0.25) is 5.02 Å². The van der Waals surface area contributed by atoms with Gasteiger partial charge in [0.1, 0.15) is 0 Å². The Hall–Kier alpha value is -1.57. The van der Waals surface area contributed by atoms with Crippen molar-refractivity contribution in [1.29, 1.82) is 0 Å². The molecule has 0 aliphatic carbocycles. The second-order valence-electron chi connectivity index (χ2n) is 7.51. The van der Waals surface area contributed by atoms with Gasteiger partial charge in [0.05, 0.1) is 22.3 Å². The molecule has 0 saturated carbocycles. The normalized spacial score (nSPS) is 18.0. The highest BCUT2D eigenvalue weighted by molar-refractivity contribution is 8.00. The van der Waals surface area contributed by atoms with Crippen molar-refractivity contribution in [3.63, 3.8) is 0 Å². The van der Waals surface area contributed by atoms with Gasteiger partial charge in [0.15, 0.2) is 5.16 Å². The molecule has 1 aliphatic heterocycles. The molecule has 3 rings (SSSR count). The first-order chi connectivity index (χ1) is 13.3. The fourth-order valence-corrected chi connectivity index (χ4v) is 4.28. The lowest BCUT2D eigenvalue weighted by atomic mass is 10.2. The van der Waals surface area contributed by atoms with Crippen LogP contribution in [0.4, 0.5) is 0 Å². The topological polar surface area (TPSA) is 73.2 Å². The number of hydrogen-bond donors (Lipinski definition) is 1. The molecule has 0 spiro atoms. The summed E-state index contributed by atoms with van der Waals surface area (Å²) in [6, 6.07) is 5.11. The van der Waals surface area contributed by atoms with Crippen molar-refractivity contribution < 1.29 is 9.53 Å². The SMILES string of the molecule is CC(C)Cn1c(S[C@@H](C)C(=O)NC[C@H]2CCCO2)nc2ccc(Cl)cc2c1=O. The third-order valence-corrected chi connectivity index (χ3v) is 5.93. The zero-order chi connectivity index (χ0) is 20.3. The predicted molar refractivity (Wildman–Crippen MR) is 113 cm³/mol. The van der Waals surface area contributed by atoms with E-state index < -0.39 is 0 Å². The number of nitrogens with zero attached hydrogens (tertiary/aromatic N) is 2. The van der Waals surface area contributed by atoms with Crippen molar-refractivity contribution in [3.8, 4) is 0 Å². The first-order valence-corrected chi connectivity index (χ1v) is 10.9. The molecule has 152 valence electrons. The van der Waals surface area contributed by atoms with Gasteiger partial charge in [-0.1, -0.05) is 37.2 Å². The molecular formula is C20H26ClN3O3S. The average Bonchev–Trinajstić information content (AvgIpc) is 3.17. The third kappa shape index (κ3) is 5.07. The highest BCUT2D eigenvalue weighted by Crippen LogP contribution is 2.24. The van der Waals surface area contributed by atoms with Crippen LogP contribution in [0.3, 0.4) is 0 Å². The monoisotopic (exact) mass is 423 g/mol. The van der Waals surface area contributed by atoms with Gasteiger partial charge >= 0.3 is 0 Å². The lowest BCUT2D eigenvalue weighted by Gasteiger charge is -2.18. The molecule has 8 heteroatoms. The van der Waals surface area contributed by atoms with Crippen LogP contribution in [0.5, 0.6) is 0 Å². The standard InChI is InChI=1S/C20H26ClN3O3S/c1-12(2)11-24-19(26)16-9-14(21)6-7-17(16)23-20(24)28-13(3)18(25)22-10-15-5-4-8-27-15/h6-7,9,12-13,15H,4-5,8,10-11H2,1-3H3,(H,22,25)/t13-,15+/m0/s1. The maximum atomic E-state index is 13.0. The molecular weight excluding hydrogens is 398 g/mol. The van der Waals surface area contributed by atoms with Gasteiger partial charge < -0.3 is 10.1 Å². The largest absolute Gasteiger partial charge is 0.376 e. The van der Waals surface area contributed by atoms with Crippen LogP contribution < -0.4 is 10.9 Å². The second-order valence-corrected chi connectivity index (χ2v) is 9.25. The number of ether oxygens (including phenoxy) is 1. The first-order valence-electron chi connectivity index (χ1n) is 9.61. The number of halogens is 1. The van der Waals surface area contributed by atoms with Gasteiger partial charge in [-0.15, -0.1) is 0 Å². The quantitative estimate of drug-likeness (QED) is 0.545. The summed E-state index contributed by atoms with van der Waals surface area (Å²) >= 11 is 7.36. The van der Waals surface area contributed by atoms with Crippen molar-refractivity contribution in [2.24, 2.45) is 5.92 Å². The molecule has 1 aliphatic rings. The fourth-order valence-electron chi connectivity index (χ4n) is 3.16. The summed E-state index contributed by atoms with van der Waals surface area (Å²) in [5.41, 5.74) is 0.458. The zero-order valence-corrected chi connectivity index (χ0v) is 18.0. The van der Waals surface area contributed by atoms with E-state index in [1.165, 1.54) is 11.8 Å². The van der Waals surface area contributed by atoms with E-state index in [1.54, 1.807) is 22.8 Å². The highest BCUT2D eigenvalue weighted by atomic mass is 35.5. The molecule has 2 aromatic rings. The number of nitrogens with one attached hydrogen (secondary N) is 1. The summed E-state index contributed by atoms with van der Waals surface area (Å²) in [5.74, 6) is 0.182. The molecule has 6 nitrogen and oxygen atoms in total. The lowest BCUT2D eigenvalue weighted by Crippen LogP contribution is -2.37. The summed E-state index contributed by atoms with van der Waals surface area (Å²) in [6.07, 6.45) is 2.12. The number of carbonyl (C=O) groups is 1. The van der Waals surface area contributed by atoms with E-state index in [0.717, 1.165) is 19.4 Å². The fraction of sp³-hybridized carbons (Fsp3) is 0.550. The smallest absolute Gasteiger partial charge is 0.262 e. The Balaban J connectivity index is 1.82. The van der Waals surface area contributed by atoms with Crippen LogP contribution in [-0.2, 0) is 16.1 Å². The van der Waals surface area contributed by atoms with E-state index in [-0.39, 0.29) is 28.7 Å². The van der Waals surface area contributed by atoms with Gasteiger partial charge in [-0.3, -0.25) is 14.2 Å². The Labute approximate surface area is 174 Å². The third-order valence-electron chi connectivity index (χ3n) is 4.61. The van der Waals surface area contributed by atoms with E-state index >= 15 is 0 Å². The number of aromatic nitrogens is 2. The summed E-state index contributed by atoms with van der Waals surface area (Å²) < 4.78 is 7.20. The summed E-state index contributed by atoms with van der Waals surface area (Å²) in [7, 11) is 0. The predicted octanol–water partition coefficient (Wildman–Crippen LogP) is 3.48. The molecule has 0 bridgehead atoms. The number of carbonyl (C=O) groups excluding carboxylic acids is 1. The summed E-state index contributed by atoms with van der Waals surface area (Å²) in [5, 5.41) is 4.12. The minimum absolute atomic E-state index is 0.0814. The number of amides is 1. The molecule has 2 heterocycles. The Morgan fingerprint density at radius 2 is 2.21 bits per heavy atom. The minimum atomic E-state index is -0.378. The summed E-state index contributed by atoms with van der Waals surface area (Å²) in [4.78, 5) is 30.2. The Morgan fingerprint density at radius 1 is 1.43 bits per heavy atom. The van der Waals surface area contributed by atoms with E-state index in [1.807, 2.05) is 20.8 Å². The molecule has 2 atom stereocenters. The Bertz CT molecular complexity index is 909. The highest BCUT2D eigenvalue weighted by Gasteiger charge is 2.22. The van der Waals surface area contributed by atoms with Crippen LogP contribution in [-0.4, -0.2) is 40.0 Å². The van der Waals surface area contributed by atoms with Gasteiger partial charge in [0.25, 0.3) is 5.56 Å². The van der Waals surface area contributed by atoms with E-state index in [9.17, 15) is 9.59 Å². The average molecular weight is 424 g/mol. The molecule has 1 aromatic heterocycles. The van der Waals surface area contributed by atoms with Gasteiger partial charge in [0.2, 0.25) is 5.91 Å². The van der Waals surface area contributed by atoms with Crippen molar-refractivity contribution >= 4 is 40.2 Å². The van der Waals surface area contributed by atoms with Crippen LogP contribution in [0.1, 0.15) is 33.6 Å². The second kappa shape index (κ2) is 9.29.